The third-order valence-electron chi connectivity index (χ3n) is 7.28. The quantitative estimate of drug-likeness (QED) is 0.116. The molecule has 0 spiro atoms. The van der Waals surface area contributed by atoms with E-state index in [-0.39, 0.29) is 22.8 Å². The van der Waals surface area contributed by atoms with Crippen molar-refractivity contribution in [1.82, 2.24) is 14.7 Å². The van der Waals surface area contributed by atoms with Gasteiger partial charge in [0.15, 0.2) is 0 Å². The predicted octanol–water partition coefficient (Wildman–Crippen LogP) is 5.47. The van der Waals surface area contributed by atoms with Crippen LogP contribution in [0.4, 0.5) is 16.4 Å². The van der Waals surface area contributed by atoms with Crippen molar-refractivity contribution in [3.05, 3.63) is 107 Å². The van der Waals surface area contributed by atoms with Gasteiger partial charge >= 0.3 is 18.0 Å². The second-order valence-electron chi connectivity index (χ2n) is 10.9. The third-order valence-corrected chi connectivity index (χ3v) is 9.05. The molecule has 5 rings (SSSR count). The molecule has 0 bridgehead atoms. The Morgan fingerprint density at radius 2 is 1.54 bits per heavy atom. The second-order valence-corrected chi connectivity index (χ2v) is 12.6. The average Bonchev–Trinajstić information content (AvgIpc) is 3.37. The fraction of sp³-hybridized carbons (Fsp3) is 0.152. The Morgan fingerprint density at radius 1 is 0.848 bits per heavy atom. The number of hydrogen-bond donors (Lipinski definition) is 6. The molecule has 0 aliphatic heterocycles. The molecule has 0 fully saturated rings. The van der Waals surface area contributed by atoms with Gasteiger partial charge in [0.1, 0.15) is 6.04 Å². The van der Waals surface area contributed by atoms with Crippen LogP contribution in [0.15, 0.2) is 83.8 Å². The van der Waals surface area contributed by atoms with Crippen LogP contribution in [0.5, 0.6) is 0 Å². The van der Waals surface area contributed by atoms with Gasteiger partial charge in [-0.1, -0.05) is 54.1 Å². The van der Waals surface area contributed by atoms with Gasteiger partial charge < -0.3 is 20.5 Å². The number of nitrogens with zero attached hydrogens (tertiary/aromatic N) is 1. The Bertz CT molecular complexity index is 2070. The normalized spacial score (nSPS) is 12.1. The van der Waals surface area contributed by atoms with Gasteiger partial charge in [0.05, 0.1) is 21.5 Å². The maximum Gasteiger partial charge on any atom is 0.335 e. The molecule has 1 aromatic heterocycles. The highest BCUT2D eigenvalue weighted by Crippen LogP contribution is 2.25. The standard InChI is InChI=1S/C33H31N5O7S/c1-18-13-19(2)29(20(3)14-18)46(44,45)38-28(31(41)42)15-21-7-9-22(10-8-21)23-5-4-6-25(16-23)34-33(43)37-32-35-26-12-11-24(30(39)40)17-27(26)36-32/h4-14,16-17,28,38H,15H2,1-3H3,(H,39,40)(H,41,42)(H3,34,35,36,37,43). The fourth-order valence-electron chi connectivity index (χ4n) is 5.33. The molecule has 13 heteroatoms. The Labute approximate surface area is 264 Å². The molecule has 1 heterocycles. The Kier molecular flexibility index (Phi) is 8.89. The number of carboxylic acids is 2. The van der Waals surface area contributed by atoms with Crippen LogP contribution < -0.4 is 15.4 Å². The zero-order valence-electron chi connectivity index (χ0n) is 25.1. The molecule has 0 saturated carbocycles. The lowest BCUT2D eigenvalue weighted by atomic mass is 10.0. The fourth-order valence-corrected chi connectivity index (χ4v) is 6.98. The monoisotopic (exact) mass is 641 g/mol. The van der Waals surface area contributed by atoms with Crippen molar-refractivity contribution in [2.24, 2.45) is 0 Å². The molecule has 0 radical (unpaired) electrons. The lowest BCUT2D eigenvalue weighted by Gasteiger charge is -2.18. The largest absolute Gasteiger partial charge is 0.480 e. The van der Waals surface area contributed by atoms with Crippen molar-refractivity contribution in [2.45, 2.75) is 38.1 Å². The Hall–Kier alpha value is -5.53. The minimum absolute atomic E-state index is 0.0695. The van der Waals surface area contributed by atoms with Gasteiger partial charge in [0.25, 0.3) is 0 Å². The van der Waals surface area contributed by atoms with Crippen molar-refractivity contribution < 1.29 is 33.0 Å². The van der Waals surface area contributed by atoms with Crippen LogP contribution in [0, 0.1) is 20.8 Å². The SMILES string of the molecule is Cc1cc(C)c(S(=O)(=O)NC(Cc2ccc(-c3cccc(NC(=O)Nc4nc5ccc(C(=O)O)cc5[nH]4)c3)cc2)C(=O)O)c(C)c1. The van der Waals surface area contributed by atoms with Gasteiger partial charge in [-0.05, 0) is 85.3 Å². The molecule has 0 saturated heterocycles. The molecule has 46 heavy (non-hydrogen) atoms. The molecule has 5 aromatic rings. The summed E-state index contributed by atoms with van der Waals surface area (Å²) in [5, 5.41) is 24.3. The van der Waals surface area contributed by atoms with E-state index in [1.54, 1.807) is 74.5 Å². The maximum atomic E-state index is 13.2. The summed E-state index contributed by atoms with van der Waals surface area (Å²) < 4.78 is 28.7. The molecule has 0 aliphatic rings. The highest BCUT2D eigenvalue weighted by atomic mass is 32.2. The number of aryl methyl sites for hydroxylation is 3. The molecule has 1 atom stereocenters. The molecular formula is C33H31N5O7S. The number of carboxylic acid groups (broad SMARTS) is 2. The number of urea groups is 1. The lowest BCUT2D eigenvalue weighted by Crippen LogP contribution is -2.42. The molecular weight excluding hydrogens is 610 g/mol. The van der Waals surface area contributed by atoms with Crippen LogP contribution in [-0.4, -0.2) is 52.6 Å². The van der Waals surface area contributed by atoms with Gasteiger partial charge in [0, 0.05) is 5.69 Å². The smallest absolute Gasteiger partial charge is 0.335 e. The van der Waals surface area contributed by atoms with Crippen LogP contribution in [0.2, 0.25) is 0 Å². The predicted molar refractivity (Wildman–Crippen MR) is 174 cm³/mol. The summed E-state index contributed by atoms with van der Waals surface area (Å²) in [5.41, 5.74) is 5.71. The number of imidazole rings is 1. The number of carbonyl (C=O) groups excluding carboxylic acids is 1. The minimum atomic E-state index is -4.10. The van der Waals surface area contributed by atoms with Crippen molar-refractivity contribution in [1.29, 1.82) is 0 Å². The van der Waals surface area contributed by atoms with Gasteiger partial charge in [-0.25, -0.2) is 23.0 Å². The highest BCUT2D eigenvalue weighted by molar-refractivity contribution is 7.89. The molecule has 1 unspecified atom stereocenters. The Balaban J connectivity index is 1.25. The number of H-pyrrole nitrogens is 1. The average molecular weight is 642 g/mol. The van der Waals surface area contributed by atoms with E-state index in [4.69, 9.17) is 5.11 Å². The van der Waals surface area contributed by atoms with E-state index in [1.165, 1.54) is 12.1 Å². The van der Waals surface area contributed by atoms with E-state index in [2.05, 4.69) is 25.3 Å². The first kappa shape index (κ1) is 31.9. The van der Waals surface area contributed by atoms with Crippen LogP contribution in [0.25, 0.3) is 22.2 Å². The van der Waals surface area contributed by atoms with Crippen LogP contribution in [0.1, 0.15) is 32.6 Å². The van der Waals surface area contributed by atoms with Gasteiger partial charge in [-0.2, -0.15) is 4.72 Å². The number of sulfonamides is 1. The first-order valence-electron chi connectivity index (χ1n) is 14.1. The first-order chi connectivity index (χ1) is 21.8. The molecule has 0 aliphatic carbocycles. The van der Waals surface area contributed by atoms with Gasteiger partial charge in [0.2, 0.25) is 16.0 Å². The molecule has 4 aromatic carbocycles. The number of benzene rings is 4. The minimum Gasteiger partial charge on any atom is -0.480 e. The number of hydrogen-bond acceptors (Lipinski definition) is 6. The molecule has 6 N–H and O–H groups in total. The number of aromatic nitrogens is 2. The van der Waals surface area contributed by atoms with E-state index in [0.717, 1.165) is 16.7 Å². The Morgan fingerprint density at radius 3 is 2.20 bits per heavy atom. The molecule has 12 nitrogen and oxygen atoms in total. The zero-order chi connectivity index (χ0) is 33.2. The van der Waals surface area contributed by atoms with Gasteiger partial charge in [-0.15, -0.1) is 0 Å². The number of aromatic amines is 1. The summed E-state index contributed by atoms with van der Waals surface area (Å²) in [4.78, 5) is 43.1. The highest BCUT2D eigenvalue weighted by Gasteiger charge is 2.28. The van der Waals surface area contributed by atoms with E-state index in [1.807, 2.05) is 13.0 Å². The maximum absolute atomic E-state index is 13.2. The van der Waals surface area contributed by atoms with Crippen molar-refractivity contribution in [3.8, 4) is 11.1 Å². The summed E-state index contributed by atoms with van der Waals surface area (Å²) in [6, 6.07) is 20.0. The summed E-state index contributed by atoms with van der Waals surface area (Å²) in [7, 11) is -4.10. The van der Waals surface area contributed by atoms with E-state index >= 15 is 0 Å². The molecule has 236 valence electrons. The number of amides is 2. The van der Waals surface area contributed by atoms with E-state index in [9.17, 15) is 27.9 Å². The second kappa shape index (κ2) is 12.8. The number of rotatable bonds is 10. The number of carbonyl (C=O) groups is 3. The van der Waals surface area contributed by atoms with Crippen molar-refractivity contribution >= 4 is 50.7 Å². The van der Waals surface area contributed by atoms with Crippen molar-refractivity contribution in [3.63, 3.8) is 0 Å². The number of aliphatic carboxylic acids is 1. The number of nitrogens with one attached hydrogen (secondary N) is 4. The lowest BCUT2D eigenvalue weighted by molar-refractivity contribution is -0.138. The van der Waals surface area contributed by atoms with Gasteiger partial charge in [-0.3, -0.25) is 10.1 Å². The topological polar surface area (TPSA) is 191 Å². The van der Waals surface area contributed by atoms with Crippen LogP contribution in [0.3, 0.4) is 0 Å². The number of aromatic carboxylic acids is 1. The number of anilines is 2. The summed E-state index contributed by atoms with van der Waals surface area (Å²) in [5.74, 6) is -2.22. The summed E-state index contributed by atoms with van der Waals surface area (Å²) in [6.45, 7) is 5.23. The van der Waals surface area contributed by atoms with Crippen LogP contribution >= 0.6 is 0 Å². The summed E-state index contributed by atoms with van der Waals surface area (Å²) in [6.07, 6.45) is -0.0695. The molecule has 2 amide bonds. The van der Waals surface area contributed by atoms with Crippen LogP contribution in [-0.2, 0) is 21.2 Å². The zero-order valence-corrected chi connectivity index (χ0v) is 25.9. The number of fused-ring (bicyclic) bond motifs is 1. The third kappa shape index (κ3) is 7.22. The summed E-state index contributed by atoms with van der Waals surface area (Å²) >= 11 is 0. The first-order valence-corrected chi connectivity index (χ1v) is 15.6. The van der Waals surface area contributed by atoms with Crippen molar-refractivity contribution in [2.75, 3.05) is 10.6 Å². The van der Waals surface area contributed by atoms with E-state index < -0.39 is 34.0 Å². The van der Waals surface area contributed by atoms with E-state index in [0.29, 0.717) is 33.4 Å².